The number of aromatic nitrogens is 2. The summed E-state index contributed by atoms with van der Waals surface area (Å²) in [4.78, 5) is 11.5. The SMILES string of the molecule is CC(C)(C)OC(=O)c1ccn(C(=N)N)n1. The third kappa shape index (κ3) is 3.08. The summed E-state index contributed by atoms with van der Waals surface area (Å²) >= 11 is 0. The molecular weight excluding hydrogens is 196 g/mol. The average molecular weight is 210 g/mol. The number of carbonyl (C=O) groups excluding carboxylic acids is 1. The van der Waals surface area contributed by atoms with Gasteiger partial charge in [0.25, 0.3) is 0 Å². The monoisotopic (exact) mass is 210 g/mol. The normalized spacial score (nSPS) is 11.1. The van der Waals surface area contributed by atoms with E-state index in [1.54, 1.807) is 20.8 Å². The highest BCUT2D eigenvalue weighted by Crippen LogP contribution is 2.10. The van der Waals surface area contributed by atoms with E-state index in [0.29, 0.717) is 0 Å². The van der Waals surface area contributed by atoms with E-state index in [0.717, 1.165) is 4.68 Å². The third-order valence-electron chi connectivity index (χ3n) is 1.44. The van der Waals surface area contributed by atoms with Gasteiger partial charge in [-0.3, -0.25) is 5.41 Å². The molecule has 3 N–H and O–H groups in total. The predicted octanol–water partition coefficient (Wildman–Crippen LogP) is 0.580. The summed E-state index contributed by atoms with van der Waals surface area (Å²) in [5.74, 6) is -0.771. The van der Waals surface area contributed by atoms with Gasteiger partial charge in [0.05, 0.1) is 0 Å². The molecule has 0 aromatic carbocycles. The van der Waals surface area contributed by atoms with Crippen molar-refractivity contribution in [2.75, 3.05) is 0 Å². The predicted molar refractivity (Wildman–Crippen MR) is 54.7 cm³/mol. The Morgan fingerprint density at radius 1 is 1.60 bits per heavy atom. The van der Waals surface area contributed by atoms with E-state index in [2.05, 4.69) is 5.10 Å². The van der Waals surface area contributed by atoms with Gasteiger partial charge in [-0.25, -0.2) is 9.48 Å². The number of esters is 1. The summed E-state index contributed by atoms with van der Waals surface area (Å²) in [6.07, 6.45) is 1.43. The van der Waals surface area contributed by atoms with Crippen LogP contribution in [0.3, 0.4) is 0 Å². The first kappa shape index (κ1) is 11.2. The number of nitrogens with two attached hydrogens (primary N) is 1. The molecule has 82 valence electrons. The van der Waals surface area contributed by atoms with E-state index in [1.807, 2.05) is 0 Å². The number of ether oxygens (including phenoxy) is 1. The minimum Gasteiger partial charge on any atom is -0.455 e. The lowest BCUT2D eigenvalue weighted by Gasteiger charge is -2.18. The number of nitrogens with one attached hydrogen (secondary N) is 1. The second-order valence-corrected chi connectivity index (χ2v) is 4.03. The highest BCUT2D eigenvalue weighted by Gasteiger charge is 2.19. The van der Waals surface area contributed by atoms with Gasteiger partial charge in [0.15, 0.2) is 5.69 Å². The van der Waals surface area contributed by atoms with Gasteiger partial charge in [0, 0.05) is 6.20 Å². The van der Waals surface area contributed by atoms with Crippen LogP contribution in [0.5, 0.6) is 0 Å². The smallest absolute Gasteiger partial charge is 0.359 e. The van der Waals surface area contributed by atoms with Crippen LogP contribution in [0.2, 0.25) is 0 Å². The van der Waals surface area contributed by atoms with Crippen molar-refractivity contribution in [1.82, 2.24) is 9.78 Å². The minimum atomic E-state index is -0.558. The molecule has 0 unspecified atom stereocenters. The Balaban J connectivity index is 2.79. The Morgan fingerprint density at radius 3 is 2.60 bits per heavy atom. The summed E-state index contributed by atoms with van der Waals surface area (Å²) in [6.45, 7) is 5.31. The standard InChI is InChI=1S/C9H14N4O2/c1-9(2,3)15-7(14)6-4-5-13(12-6)8(10)11/h4-5H,1-3H3,(H3,10,11). The van der Waals surface area contributed by atoms with E-state index in [-0.39, 0.29) is 11.7 Å². The average Bonchev–Trinajstić information content (AvgIpc) is 2.47. The molecule has 0 bridgehead atoms. The fourth-order valence-corrected chi connectivity index (χ4v) is 0.897. The topological polar surface area (TPSA) is 94.0 Å². The fraction of sp³-hybridized carbons (Fsp3) is 0.444. The molecular formula is C9H14N4O2. The summed E-state index contributed by atoms with van der Waals surface area (Å²) < 4.78 is 6.19. The third-order valence-corrected chi connectivity index (χ3v) is 1.44. The summed E-state index contributed by atoms with van der Waals surface area (Å²) in [7, 11) is 0. The van der Waals surface area contributed by atoms with Gasteiger partial charge in [-0.1, -0.05) is 0 Å². The molecule has 0 radical (unpaired) electrons. The van der Waals surface area contributed by atoms with Gasteiger partial charge >= 0.3 is 5.97 Å². The first-order valence-corrected chi connectivity index (χ1v) is 4.43. The zero-order valence-corrected chi connectivity index (χ0v) is 8.94. The zero-order valence-electron chi connectivity index (χ0n) is 8.94. The highest BCUT2D eigenvalue weighted by atomic mass is 16.6. The summed E-state index contributed by atoms with van der Waals surface area (Å²) in [6, 6.07) is 1.45. The van der Waals surface area contributed by atoms with E-state index < -0.39 is 11.6 Å². The summed E-state index contributed by atoms with van der Waals surface area (Å²) in [5, 5.41) is 10.9. The van der Waals surface area contributed by atoms with Crippen LogP contribution in [-0.4, -0.2) is 27.3 Å². The van der Waals surface area contributed by atoms with Crippen LogP contribution in [-0.2, 0) is 4.74 Å². The molecule has 1 rings (SSSR count). The molecule has 1 aromatic heterocycles. The maximum Gasteiger partial charge on any atom is 0.359 e. The van der Waals surface area contributed by atoms with Crippen LogP contribution >= 0.6 is 0 Å². The Hall–Kier alpha value is -1.85. The molecule has 0 atom stereocenters. The molecule has 1 heterocycles. The van der Waals surface area contributed by atoms with Crippen molar-refractivity contribution in [1.29, 1.82) is 5.41 Å². The van der Waals surface area contributed by atoms with Gasteiger partial charge in [0.2, 0.25) is 5.96 Å². The second-order valence-electron chi connectivity index (χ2n) is 4.03. The van der Waals surface area contributed by atoms with Crippen molar-refractivity contribution >= 4 is 11.9 Å². The number of rotatable bonds is 1. The summed E-state index contributed by atoms with van der Waals surface area (Å²) in [5.41, 5.74) is 4.77. The lowest BCUT2D eigenvalue weighted by Crippen LogP contribution is -2.25. The number of hydrogen-bond donors (Lipinski definition) is 2. The van der Waals surface area contributed by atoms with Gasteiger partial charge in [0.1, 0.15) is 5.60 Å². The molecule has 6 heteroatoms. The quantitative estimate of drug-likeness (QED) is 0.402. The van der Waals surface area contributed by atoms with E-state index in [9.17, 15) is 4.79 Å². The van der Waals surface area contributed by atoms with Crippen molar-refractivity contribution in [2.45, 2.75) is 26.4 Å². The van der Waals surface area contributed by atoms with Crippen LogP contribution < -0.4 is 5.73 Å². The molecule has 15 heavy (non-hydrogen) atoms. The lowest BCUT2D eigenvalue weighted by molar-refractivity contribution is 0.00625. The maximum atomic E-state index is 11.5. The van der Waals surface area contributed by atoms with Crippen LogP contribution in [0.1, 0.15) is 31.3 Å². The lowest BCUT2D eigenvalue weighted by atomic mass is 10.2. The van der Waals surface area contributed by atoms with Crippen LogP contribution in [0.15, 0.2) is 12.3 Å². The van der Waals surface area contributed by atoms with Crippen molar-refractivity contribution < 1.29 is 9.53 Å². The molecule has 0 saturated carbocycles. The molecule has 0 aliphatic carbocycles. The molecule has 0 fully saturated rings. The molecule has 0 amide bonds. The van der Waals surface area contributed by atoms with Crippen molar-refractivity contribution in [3.63, 3.8) is 0 Å². The molecule has 0 spiro atoms. The highest BCUT2D eigenvalue weighted by molar-refractivity contribution is 5.88. The molecule has 6 nitrogen and oxygen atoms in total. The zero-order chi connectivity index (χ0) is 11.6. The molecule has 0 aliphatic rings. The molecule has 0 saturated heterocycles. The first-order chi connectivity index (χ1) is 6.79. The Labute approximate surface area is 87.5 Å². The minimum absolute atomic E-state index is 0.139. The van der Waals surface area contributed by atoms with Crippen LogP contribution in [0, 0.1) is 5.41 Å². The largest absolute Gasteiger partial charge is 0.455 e. The Morgan fingerprint density at radius 2 is 2.20 bits per heavy atom. The number of carbonyl (C=O) groups is 1. The van der Waals surface area contributed by atoms with Crippen LogP contribution in [0.25, 0.3) is 0 Å². The Kier molecular flexibility index (Phi) is 2.78. The number of nitrogen functional groups attached to an aromatic ring is 1. The van der Waals surface area contributed by atoms with E-state index in [1.165, 1.54) is 12.3 Å². The maximum absolute atomic E-state index is 11.5. The van der Waals surface area contributed by atoms with Crippen molar-refractivity contribution in [3.05, 3.63) is 18.0 Å². The van der Waals surface area contributed by atoms with E-state index in [4.69, 9.17) is 15.9 Å². The van der Waals surface area contributed by atoms with Gasteiger partial charge in [-0.2, -0.15) is 5.10 Å². The fourth-order valence-electron chi connectivity index (χ4n) is 0.897. The van der Waals surface area contributed by atoms with Gasteiger partial charge in [-0.05, 0) is 26.8 Å². The van der Waals surface area contributed by atoms with Gasteiger partial charge in [-0.15, -0.1) is 0 Å². The molecule has 0 aliphatic heterocycles. The Bertz CT molecular complexity index is 389. The molecule has 1 aromatic rings. The first-order valence-electron chi connectivity index (χ1n) is 4.43. The van der Waals surface area contributed by atoms with Crippen molar-refractivity contribution in [3.8, 4) is 0 Å². The van der Waals surface area contributed by atoms with Gasteiger partial charge < -0.3 is 10.5 Å². The number of nitrogens with zero attached hydrogens (tertiary/aromatic N) is 2. The van der Waals surface area contributed by atoms with Crippen molar-refractivity contribution in [2.24, 2.45) is 5.73 Å². The second kappa shape index (κ2) is 3.72. The van der Waals surface area contributed by atoms with E-state index >= 15 is 0 Å². The number of hydrogen-bond acceptors (Lipinski definition) is 4. The van der Waals surface area contributed by atoms with Crippen LogP contribution in [0.4, 0.5) is 0 Å².